The quantitative estimate of drug-likeness (QED) is 0.641. The summed E-state index contributed by atoms with van der Waals surface area (Å²) in [6, 6.07) is 6.66. The van der Waals surface area contributed by atoms with E-state index in [1.54, 1.807) is 35.4 Å². The predicted octanol–water partition coefficient (Wildman–Crippen LogP) is 1.21. The van der Waals surface area contributed by atoms with Gasteiger partial charge >= 0.3 is 0 Å². The molecule has 26 heavy (non-hydrogen) atoms. The third kappa shape index (κ3) is 4.02. The zero-order valence-electron chi connectivity index (χ0n) is 14.4. The van der Waals surface area contributed by atoms with Crippen molar-refractivity contribution in [2.24, 2.45) is 0 Å². The fraction of sp³-hybridized carbons (Fsp3) is 0.278. The summed E-state index contributed by atoms with van der Waals surface area (Å²) < 4.78 is 0. The van der Waals surface area contributed by atoms with Crippen molar-refractivity contribution in [3.05, 3.63) is 47.9 Å². The molecule has 1 aliphatic heterocycles. The molecule has 1 N–H and O–H groups in total. The van der Waals surface area contributed by atoms with Crippen LogP contribution in [-0.4, -0.2) is 59.1 Å². The maximum atomic E-state index is 12.3. The van der Waals surface area contributed by atoms with Gasteiger partial charge in [0.05, 0.1) is 12.4 Å². The van der Waals surface area contributed by atoms with Crippen LogP contribution in [0.2, 0.25) is 0 Å². The zero-order valence-corrected chi connectivity index (χ0v) is 14.4. The van der Waals surface area contributed by atoms with Gasteiger partial charge in [0.2, 0.25) is 6.41 Å². The first kappa shape index (κ1) is 17.5. The Bertz CT molecular complexity index is 797. The Labute approximate surface area is 150 Å². The first-order valence-electron chi connectivity index (χ1n) is 8.25. The maximum Gasteiger partial charge on any atom is 0.275 e. The summed E-state index contributed by atoms with van der Waals surface area (Å²) in [6.45, 7) is 4.14. The second-order valence-electron chi connectivity index (χ2n) is 5.98. The minimum atomic E-state index is -0.370. The van der Waals surface area contributed by atoms with Crippen LogP contribution in [0.15, 0.2) is 36.7 Å². The van der Waals surface area contributed by atoms with E-state index in [0.29, 0.717) is 43.2 Å². The number of anilines is 2. The molecule has 8 nitrogen and oxygen atoms in total. The molecule has 2 heterocycles. The number of ketones is 1. The first-order chi connectivity index (χ1) is 12.6. The van der Waals surface area contributed by atoms with Gasteiger partial charge in [0.1, 0.15) is 11.5 Å². The highest BCUT2D eigenvalue weighted by Crippen LogP contribution is 2.14. The molecule has 2 amide bonds. The Morgan fingerprint density at radius 2 is 1.73 bits per heavy atom. The molecule has 0 atom stereocenters. The van der Waals surface area contributed by atoms with E-state index in [1.165, 1.54) is 13.1 Å². The van der Waals surface area contributed by atoms with Crippen molar-refractivity contribution >= 4 is 29.6 Å². The van der Waals surface area contributed by atoms with Crippen molar-refractivity contribution in [3.8, 4) is 0 Å². The van der Waals surface area contributed by atoms with Crippen LogP contribution in [0.25, 0.3) is 0 Å². The smallest absolute Gasteiger partial charge is 0.275 e. The number of hydrogen-bond acceptors (Lipinski definition) is 6. The van der Waals surface area contributed by atoms with Crippen molar-refractivity contribution in [2.75, 3.05) is 36.4 Å². The Morgan fingerprint density at radius 3 is 2.27 bits per heavy atom. The standard InChI is InChI=1S/C18H19N5O3/c1-13(25)14-2-4-15(5-3-14)21-18(26)16-10-20-17(11-19-16)23-8-6-22(12-24)7-9-23/h2-5,10-12H,6-9H2,1H3,(H,21,26). The number of hydrogen-bond donors (Lipinski definition) is 1. The van der Waals surface area contributed by atoms with Gasteiger partial charge in [-0.15, -0.1) is 0 Å². The van der Waals surface area contributed by atoms with E-state index < -0.39 is 0 Å². The molecular weight excluding hydrogens is 334 g/mol. The molecular formula is C18H19N5O3. The summed E-state index contributed by atoms with van der Waals surface area (Å²) >= 11 is 0. The van der Waals surface area contributed by atoms with Crippen LogP contribution < -0.4 is 10.2 Å². The normalized spacial score (nSPS) is 14.0. The molecule has 3 rings (SSSR count). The number of benzene rings is 1. The molecule has 0 spiro atoms. The average Bonchev–Trinajstić information content (AvgIpc) is 2.68. The summed E-state index contributed by atoms with van der Waals surface area (Å²) in [4.78, 5) is 46.5. The van der Waals surface area contributed by atoms with Crippen molar-refractivity contribution in [3.63, 3.8) is 0 Å². The number of nitrogens with one attached hydrogen (secondary N) is 1. The van der Waals surface area contributed by atoms with Gasteiger partial charge in [-0.2, -0.15) is 0 Å². The molecule has 1 aliphatic rings. The number of amides is 2. The Morgan fingerprint density at radius 1 is 1.04 bits per heavy atom. The third-order valence-electron chi connectivity index (χ3n) is 4.21. The number of nitrogens with zero attached hydrogens (tertiary/aromatic N) is 4. The molecule has 1 aromatic carbocycles. The number of carbonyl (C=O) groups excluding carboxylic acids is 3. The van der Waals surface area contributed by atoms with Crippen molar-refractivity contribution < 1.29 is 14.4 Å². The predicted molar refractivity (Wildman–Crippen MR) is 96.3 cm³/mol. The molecule has 0 aliphatic carbocycles. The minimum absolute atomic E-state index is 0.0293. The van der Waals surface area contributed by atoms with E-state index in [9.17, 15) is 14.4 Å². The monoisotopic (exact) mass is 353 g/mol. The number of Topliss-reactive ketones (excluding diaryl/α,β-unsaturated/α-hetero) is 1. The summed E-state index contributed by atoms with van der Waals surface area (Å²) in [5, 5.41) is 2.72. The Balaban J connectivity index is 1.61. The van der Waals surface area contributed by atoms with Crippen molar-refractivity contribution in [1.82, 2.24) is 14.9 Å². The lowest BCUT2D eigenvalue weighted by Crippen LogP contribution is -2.46. The van der Waals surface area contributed by atoms with E-state index in [4.69, 9.17) is 0 Å². The number of aromatic nitrogens is 2. The van der Waals surface area contributed by atoms with E-state index in [0.717, 1.165) is 6.41 Å². The van der Waals surface area contributed by atoms with Crippen LogP contribution in [0.3, 0.4) is 0 Å². The van der Waals surface area contributed by atoms with Crippen LogP contribution >= 0.6 is 0 Å². The molecule has 0 bridgehead atoms. The Hall–Kier alpha value is -3.29. The van der Waals surface area contributed by atoms with Gasteiger partial charge in [0.25, 0.3) is 5.91 Å². The zero-order chi connectivity index (χ0) is 18.5. The van der Waals surface area contributed by atoms with Crippen LogP contribution in [-0.2, 0) is 4.79 Å². The molecule has 0 saturated carbocycles. The van der Waals surface area contributed by atoms with Gasteiger partial charge in [-0.05, 0) is 31.2 Å². The maximum absolute atomic E-state index is 12.3. The topological polar surface area (TPSA) is 95.5 Å². The highest BCUT2D eigenvalue weighted by atomic mass is 16.2. The summed E-state index contributed by atoms with van der Waals surface area (Å²) in [6.07, 6.45) is 3.84. The van der Waals surface area contributed by atoms with E-state index in [2.05, 4.69) is 15.3 Å². The fourth-order valence-electron chi connectivity index (χ4n) is 2.64. The summed E-state index contributed by atoms with van der Waals surface area (Å²) in [5.74, 6) is 0.279. The summed E-state index contributed by atoms with van der Waals surface area (Å²) in [5.41, 5.74) is 1.37. The van der Waals surface area contributed by atoms with E-state index in [-0.39, 0.29) is 17.4 Å². The molecule has 8 heteroatoms. The molecule has 134 valence electrons. The third-order valence-corrected chi connectivity index (χ3v) is 4.21. The van der Waals surface area contributed by atoms with Crippen LogP contribution in [0.4, 0.5) is 11.5 Å². The molecule has 1 fully saturated rings. The van der Waals surface area contributed by atoms with Gasteiger partial charge in [0.15, 0.2) is 5.78 Å². The second kappa shape index (κ2) is 7.73. The molecule has 1 aromatic heterocycles. The molecule has 0 radical (unpaired) electrons. The van der Waals surface area contributed by atoms with Gasteiger partial charge in [0, 0.05) is 37.4 Å². The van der Waals surface area contributed by atoms with E-state index in [1.807, 2.05) is 4.90 Å². The molecule has 1 saturated heterocycles. The lowest BCUT2D eigenvalue weighted by Gasteiger charge is -2.33. The highest BCUT2D eigenvalue weighted by molar-refractivity contribution is 6.03. The summed E-state index contributed by atoms with van der Waals surface area (Å²) in [7, 11) is 0. The molecule has 0 unspecified atom stereocenters. The van der Waals surface area contributed by atoms with Crippen LogP contribution in [0.5, 0.6) is 0 Å². The van der Waals surface area contributed by atoms with Gasteiger partial charge in [-0.3, -0.25) is 14.4 Å². The SMILES string of the molecule is CC(=O)c1ccc(NC(=O)c2cnc(N3CCN(C=O)CC3)cn2)cc1. The highest BCUT2D eigenvalue weighted by Gasteiger charge is 2.17. The Kier molecular flexibility index (Phi) is 5.21. The second-order valence-corrected chi connectivity index (χ2v) is 5.98. The average molecular weight is 353 g/mol. The van der Waals surface area contributed by atoms with Gasteiger partial charge in [-0.25, -0.2) is 9.97 Å². The van der Waals surface area contributed by atoms with Crippen molar-refractivity contribution in [2.45, 2.75) is 6.92 Å². The number of piperazine rings is 1. The lowest BCUT2D eigenvalue weighted by molar-refractivity contribution is -0.118. The van der Waals surface area contributed by atoms with Gasteiger partial charge in [-0.1, -0.05) is 0 Å². The minimum Gasteiger partial charge on any atom is -0.352 e. The molecule has 2 aromatic rings. The van der Waals surface area contributed by atoms with Gasteiger partial charge < -0.3 is 15.1 Å². The number of rotatable bonds is 5. The van der Waals surface area contributed by atoms with Crippen LogP contribution in [0.1, 0.15) is 27.8 Å². The number of carbonyl (C=O) groups is 3. The lowest BCUT2D eigenvalue weighted by atomic mass is 10.1. The van der Waals surface area contributed by atoms with Crippen LogP contribution in [0, 0.1) is 0 Å². The largest absolute Gasteiger partial charge is 0.352 e. The van der Waals surface area contributed by atoms with E-state index >= 15 is 0 Å². The fourth-order valence-corrected chi connectivity index (χ4v) is 2.64. The first-order valence-corrected chi connectivity index (χ1v) is 8.25. The van der Waals surface area contributed by atoms with Crippen molar-refractivity contribution in [1.29, 1.82) is 0 Å².